The number of aromatic nitrogens is 2. The van der Waals surface area contributed by atoms with Crippen molar-refractivity contribution < 1.29 is 5.11 Å². The highest BCUT2D eigenvalue weighted by Crippen LogP contribution is 2.21. The highest BCUT2D eigenvalue weighted by molar-refractivity contribution is 5.85. The van der Waals surface area contributed by atoms with Gasteiger partial charge in [-0.05, 0) is 58.8 Å². The lowest BCUT2D eigenvalue weighted by Crippen LogP contribution is -2.22. The molecule has 1 N–H and O–H groups in total. The normalized spacial score (nSPS) is 11.5. The van der Waals surface area contributed by atoms with Crippen molar-refractivity contribution in [3.05, 3.63) is 113 Å². The lowest BCUT2D eigenvalue weighted by atomic mass is 10.1. The summed E-state index contributed by atoms with van der Waals surface area (Å²) in [6.07, 6.45) is 3.71. The third-order valence-electron chi connectivity index (χ3n) is 5.11. The molecule has 0 amide bonds. The van der Waals surface area contributed by atoms with E-state index in [1.165, 1.54) is 0 Å². The Labute approximate surface area is 173 Å². The molecule has 0 saturated heterocycles. The second-order valence-electron chi connectivity index (χ2n) is 7.08. The maximum Gasteiger partial charge on any atom is 0.266 e. The lowest BCUT2D eigenvalue weighted by Gasteiger charge is -2.12. The third-order valence-corrected chi connectivity index (χ3v) is 5.11. The van der Waals surface area contributed by atoms with Crippen LogP contribution in [0.2, 0.25) is 0 Å². The topological polar surface area (TPSA) is 55.1 Å². The van der Waals surface area contributed by atoms with Crippen LogP contribution in [0.5, 0.6) is 5.75 Å². The molecule has 0 aliphatic rings. The molecule has 1 aromatic heterocycles. The van der Waals surface area contributed by atoms with Gasteiger partial charge in [0.15, 0.2) is 0 Å². The maximum absolute atomic E-state index is 13.4. The number of benzene rings is 4. The molecule has 0 radical (unpaired) electrons. The van der Waals surface area contributed by atoms with E-state index in [4.69, 9.17) is 4.98 Å². The smallest absolute Gasteiger partial charge is 0.266 e. The summed E-state index contributed by atoms with van der Waals surface area (Å²) >= 11 is 0. The van der Waals surface area contributed by atoms with Gasteiger partial charge in [0, 0.05) is 0 Å². The summed E-state index contributed by atoms with van der Waals surface area (Å²) in [4.78, 5) is 18.1. The van der Waals surface area contributed by atoms with Crippen LogP contribution >= 0.6 is 0 Å². The zero-order valence-electron chi connectivity index (χ0n) is 16.1. The van der Waals surface area contributed by atoms with Crippen molar-refractivity contribution >= 4 is 33.8 Å². The van der Waals surface area contributed by atoms with E-state index in [9.17, 15) is 9.90 Å². The van der Waals surface area contributed by atoms with E-state index in [2.05, 4.69) is 0 Å². The van der Waals surface area contributed by atoms with Crippen molar-refractivity contribution in [2.24, 2.45) is 0 Å². The Kier molecular flexibility index (Phi) is 4.37. The van der Waals surface area contributed by atoms with Gasteiger partial charge < -0.3 is 5.11 Å². The molecule has 1 heterocycles. The summed E-state index contributed by atoms with van der Waals surface area (Å²) in [7, 11) is 0. The summed E-state index contributed by atoms with van der Waals surface area (Å²) in [6.45, 7) is 0. The van der Waals surface area contributed by atoms with Crippen LogP contribution in [0.3, 0.4) is 0 Å². The Morgan fingerprint density at radius 1 is 0.767 bits per heavy atom. The van der Waals surface area contributed by atoms with E-state index < -0.39 is 0 Å². The number of aromatic hydroxyl groups is 1. The molecule has 0 unspecified atom stereocenters. The van der Waals surface area contributed by atoms with E-state index in [1.54, 1.807) is 22.8 Å². The average Bonchev–Trinajstić information content (AvgIpc) is 2.78. The molecule has 0 saturated carbocycles. The van der Waals surface area contributed by atoms with Crippen LogP contribution in [0.4, 0.5) is 0 Å². The number of fused-ring (bicyclic) bond motifs is 2. The van der Waals surface area contributed by atoms with Crippen molar-refractivity contribution in [3.8, 4) is 11.4 Å². The first kappa shape index (κ1) is 17.9. The minimum absolute atomic E-state index is 0.110. The SMILES string of the molecule is O=c1c2ccccc2nc(/C=C/c2ccc(O)cc2)n1-c1ccc2ccccc2c1. The van der Waals surface area contributed by atoms with Crippen molar-refractivity contribution in [1.82, 2.24) is 9.55 Å². The zero-order valence-corrected chi connectivity index (χ0v) is 16.1. The van der Waals surface area contributed by atoms with Crippen LogP contribution in [0.1, 0.15) is 11.4 Å². The molecular weight excluding hydrogens is 372 g/mol. The Balaban J connectivity index is 1.73. The first-order chi connectivity index (χ1) is 14.7. The molecule has 5 rings (SSSR count). The number of rotatable bonds is 3. The first-order valence-electron chi connectivity index (χ1n) is 9.67. The Morgan fingerprint density at radius 2 is 1.50 bits per heavy atom. The van der Waals surface area contributed by atoms with Crippen LogP contribution in [0, 0.1) is 0 Å². The highest BCUT2D eigenvalue weighted by atomic mass is 16.3. The summed E-state index contributed by atoms with van der Waals surface area (Å²) in [5.74, 6) is 0.756. The molecule has 4 aromatic carbocycles. The van der Waals surface area contributed by atoms with E-state index in [1.807, 2.05) is 84.9 Å². The number of phenolic OH excluding ortho intramolecular Hbond substituents is 1. The first-order valence-corrected chi connectivity index (χ1v) is 9.67. The molecule has 0 fully saturated rings. The van der Waals surface area contributed by atoms with Gasteiger partial charge in [-0.1, -0.05) is 60.7 Å². The third kappa shape index (κ3) is 3.25. The predicted octanol–water partition coefficient (Wildman–Crippen LogP) is 5.41. The standard InChI is InChI=1S/C26H18N2O2/c29-22-14-9-18(10-15-22)11-16-25-27-24-8-4-3-7-23(24)26(30)28(25)21-13-12-19-5-1-2-6-20(19)17-21/h1-17,29H/b16-11+. The van der Waals surface area contributed by atoms with Crippen molar-refractivity contribution in [2.75, 3.05) is 0 Å². The van der Waals surface area contributed by atoms with Gasteiger partial charge in [0.25, 0.3) is 5.56 Å². The Morgan fingerprint density at radius 3 is 2.33 bits per heavy atom. The van der Waals surface area contributed by atoms with Gasteiger partial charge in [0.2, 0.25) is 0 Å². The van der Waals surface area contributed by atoms with Gasteiger partial charge >= 0.3 is 0 Å². The average molecular weight is 390 g/mol. The molecule has 0 bridgehead atoms. The van der Waals surface area contributed by atoms with Crippen molar-refractivity contribution in [1.29, 1.82) is 0 Å². The molecular formula is C26H18N2O2. The molecule has 4 heteroatoms. The van der Waals surface area contributed by atoms with Crippen molar-refractivity contribution in [3.63, 3.8) is 0 Å². The predicted molar refractivity (Wildman–Crippen MR) is 122 cm³/mol. The Bertz CT molecular complexity index is 1460. The molecule has 5 aromatic rings. The fourth-order valence-corrected chi connectivity index (χ4v) is 3.58. The fourth-order valence-electron chi connectivity index (χ4n) is 3.58. The number of phenols is 1. The van der Waals surface area contributed by atoms with E-state index in [0.717, 1.165) is 22.0 Å². The molecule has 0 spiro atoms. The summed E-state index contributed by atoms with van der Waals surface area (Å²) in [5.41, 5.74) is 2.22. The number of nitrogens with zero attached hydrogens (tertiary/aromatic N) is 2. The molecule has 30 heavy (non-hydrogen) atoms. The monoisotopic (exact) mass is 390 g/mol. The number of hydrogen-bond donors (Lipinski definition) is 1. The van der Waals surface area contributed by atoms with Crippen LogP contribution in [-0.2, 0) is 0 Å². The van der Waals surface area contributed by atoms with Crippen LogP contribution < -0.4 is 5.56 Å². The molecule has 0 aliphatic heterocycles. The quantitative estimate of drug-likeness (QED) is 0.448. The fraction of sp³-hybridized carbons (Fsp3) is 0. The second-order valence-corrected chi connectivity index (χ2v) is 7.08. The number of para-hydroxylation sites is 1. The summed E-state index contributed by atoms with van der Waals surface area (Å²) < 4.78 is 1.64. The highest BCUT2D eigenvalue weighted by Gasteiger charge is 2.11. The van der Waals surface area contributed by atoms with Crippen molar-refractivity contribution in [2.45, 2.75) is 0 Å². The summed E-state index contributed by atoms with van der Waals surface area (Å²) in [6, 6.07) is 28.3. The largest absolute Gasteiger partial charge is 0.508 e. The van der Waals surface area contributed by atoms with Gasteiger partial charge in [-0.2, -0.15) is 0 Å². The Hall–Kier alpha value is -4.18. The lowest BCUT2D eigenvalue weighted by molar-refractivity contribution is 0.475. The molecule has 0 aliphatic carbocycles. The minimum Gasteiger partial charge on any atom is -0.508 e. The number of hydrogen-bond acceptors (Lipinski definition) is 3. The molecule has 4 nitrogen and oxygen atoms in total. The van der Waals surface area contributed by atoms with Gasteiger partial charge in [-0.15, -0.1) is 0 Å². The van der Waals surface area contributed by atoms with Gasteiger partial charge in [-0.3, -0.25) is 9.36 Å². The van der Waals surface area contributed by atoms with Gasteiger partial charge in [0.1, 0.15) is 11.6 Å². The second kappa shape index (κ2) is 7.33. The van der Waals surface area contributed by atoms with E-state index in [0.29, 0.717) is 16.7 Å². The van der Waals surface area contributed by atoms with E-state index in [-0.39, 0.29) is 11.3 Å². The van der Waals surface area contributed by atoms with Gasteiger partial charge in [0.05, 0.1) is 16.6 Å². The van der Waals surface area contributed by atoms with Gasteiger partial charge in [-0.25, -0.2) is 4.98 Å². The van der Waals surface area contributed by atoms with Crippen LogP contribution in [0.15, 0.2) is 95.8 Å². The van der Waals surface area contributed by atoms with Crippen LogP contribution in [0.25, 0.3) is 39.5 Å². The van der Waals surface area contributed by atoms with E-state index >= 15 is 0 Å². The summed E-state index contributed by atoms with van der Waals surface area (Å²) in [5, 5.41) is 12.2. The maximum atomic E-state index is 13.4. The molecule has 0 atom stereocenters. The zero-order chi connectivity index (χ0) is 20.5. The molecule has 144 valence electrons. The van der Waals surface area contributed by atoms with Crippen LogP contribution in [-0.4, -0.2) is 14.7 Å². The minimum atomic E-state index is -0.110.